The summed E-state index contributed by atoms with van der Waals surface area (Å²) in [6.07, 6.45) is 3.42. The molecule has 34 heavy (non-hydrogen) atoms. The lowest BCUT2D eigenvalue weighted by molar-refractivity contribution is -0.167. The van der Waals surface area contributed by atoms with Crippen molar-refractivity contribution in [3.8, 4) is 11.5 Å². The molecule has 0 amide bonds. The van der Waals surface area contributed by atoms with E-state index < -0.39 is 5.60 Å². The first-order valence-electron chi connectivity index (χ1n) is 12.4. The van der Waals surface area contributed by atoms with E-state index >= 15 is 0 Å². The molecule has 0 radical (unpaired) electrons. The van der Waals surface area contributed by atoms with Gasteiger partial charge in [0.2, 0.25) is 6.79 Å². The topological polar surface area (TPSA) is 48.0 Å². The average molecular weight is 470 g/mol. The molecule has 2 aromatic carbocycles. The number of aryl methyl sites for hydroxylation is 1. The van der Waals surface area contributed by atoms with Crippen LogP contribution in [0.2, 0.25) is 0 Å². The second-order valence-electron chi connectivity index (χ2n) is 9.95. The Kier molecular flexibility index (Phi) is 7.46. The minimum atomic E-state index is -0.584. The number of nitrogens with zero attached hydrogens (tertiary/aromatic N) is 1. The van der Waals surface area contributed by atoms with Gasteiger partial charge in [0.05, 0.1) is 0 Å². The van der Waals surface area contributed by atoms with Crippen LogP contribution in [0.3, 0.4) is 0 Å². The molecule has 4 rings (SSSR count). The monoisotopic (exact) mass is 469 g/mol. The Morgan fingerprint density at radius 2 is 1.97 bits per heavy atom. The van der Waals surface area contributed by atoms with E-state index in [9.17, 15) is 9.18 Å². The molecular weight excluding hydrogens is 433 g/mol. The van der Waals surface area contributed by atoms with Crippen LogP contribution in [0.4, 0.5) is 4.39 Å². The molecule has 0 spiro atoms. The van der Waals surface area contributed by atoms with E-state index in [1.807, 2.05) is 25.1 Å². The summed E-state index contributed by atoms with van der Waals surface area (Å²) in [5.41, 5.74) is 2.78. The molecule has 1 aliphatic heterocycles. The Morgan fingerprint density at radius 3 is 2.74 bits per heavy atom. The number of ether oxygens (including phenoxy) is 3. The van der Waals surface area contributed by atoms with Gasteiger partial charge in [-0.25, -0.2) is 4.39 Å². The van der Waals surface area contributed by atoms with Crippen LogP contribution in [0, 0.1) is 11.7 Å². The number of fused-ring (bicyclic) bond motifs is 2. The molecule has 2 atom stereocenters. The SMILES string of the molecule is CCC(=O)O[C@@]1(CCN(C)CCc2ccc3c(c2)OCO3)CCc2cc(F)ccc2[C@H]1C(C)C. The van der Waals surface area contributed by atoms with Crippen molar-refractivity contribution in [1.29, 1.82) is 0 Å². The Morgan fingerprint density at radius 1 is 1.18 bits per heavy atom. The van der Waals surface area contributed by atoms with Crippen LogP contribution in [0.5, 0.6) is 11.5 Å². The van der Waals surface area contributed by atoms with Crippen molar-refractivity contribution in [1.82, 2.24) is 4.90 Å². The fraction of sp³-hybridized carbons (Fsp3) is 0.536. The smallest absolute Gasteiger partial charge is 0.306 e. The lowest BCUT2D eigenvalue weighted by Gasteiger charge is -2.47. The van der Waals surface area contributed by atoms with Crippen molar-refractivity contribution in [3.05, 3.63) is 58.9 Å². The summed E-state index contributed by atoms with van der Waals surface area (Å²) < 4.78 is 31.1. The van der Waals surface area contributed by atoms with Gasteiger partial charge in [0, 0.05) is 31.8 Å². The van der Waals surface area contributed by atoms with Crippen LogP contribution in [-0.4, -0.2) is 43.4 Å². The number of carbonyl (C=O) groups excluding carboxylic acids is 1. The quantitative estimate of drug-likeness (QED) is 0.454. The molecule has 5 nitrogen and oxygen atoms in total. The summed E-state index contributed by atoms with van der Waals surface area (Å²) >= 11 is 0. The number of hydrogen-bond donors (Lipinski definition) is 0. The maximum absolute atomic E-state index is 13.9. The minimum Gasteiger partial charge on any atom is -0.458 e. The van der Waals surface area contributed by atoms with Crippen molar-refractivity contribution >= 4 is 5.97 Å². The predicted octanol–water partition coefficient (Wildman–Crippen LogP) is 5.50. The second kappa shape index (κ2) is 10.3. The summed E-state index contributed by atoms with van der Waals surface area (Å²) in [6.45, 7) is 8.14. The summed E-state index contributed by atoms with van der Waals surface area (Å²) in [7, 11) is 2.11. The summed E-state index contributed by atoms with van der Waals surface area (Å²) in [5, 5.41) is 0. The van der Waals surface area contributed by atoms with Gasteiger partial charge in [-0.2, -0.15) is 0 Å². The van der Waals surface area contributed by atoms with Crippen molar-refractivity contribution in [2.75, 3.05) is 26.9 Å². The van der Waals surface area contributed by atoms with Crippen LogP contribution in [0.25, 0.3) is 0 Å². The third-order valence-corrected chi connectivity index (χ3v) is 7.23. The van der Waals surface area contributed by atoms with E-state index in [4.69, 9.17) is 14.2 Å². The highest BCUT2D eigenvalue weighted by atomic mass is 19.1. The standard InChI is InChI=1S/C28H36FNO4/c1-5-26(31)34-28(12-10-21-17-22(29)7-8-23(21)27(28)19(2)3)13-15-30(4)14-11-20-6-9-24-25(16-20)33-18-32-24/h6-9,16-17,19,27H,5,10-15,18H2,1-4H3/t27-,28-/m1/s1. The Balaban J connectivity index is 1.48. The lowest BCUT2D eigenvalue weighted by Crippen LogP contribution is -2.48. The van der Waals surface area contributed by atoms with Crippen LogP contribution >= 0.6 is 0 Å². The first kappa shape index (κ1) is 24.5. The highest BCUT2D eigenvalue weighted by Gasteiger charge is 2.47. The van der Waals surface area contributed by atoms with E-state index in [1.54, 1.807) is 6.07 Å². The molecule has 6 heteroatoms. The number of halogens is 1. The predicted molar refractivity (Wildman–Crippen MR) is 130 cm³/mol. The largest absolute Gasteiger partial charge is 0.458 e. The van der Waals surface area contributed by atoms with Crippen molar-refractivity contribution in [2.24, 2.45) is 5.92 Å². The third kappa shape index (κ3) is 5.22. The van der Waals surface area contributed by atoms with Gasteiger partial charge in [0.1, 0.15) is 11.4 Å². The first-order valence-corrected chi connectivity index (χ1v) is 12.4. The van der Waals surface area contributed by atoms with Crippen LogP contribution < -0.4 is 9.47 Å². The highest BCUT2D eigenvalue weighted by Crippen LogP contribution is 2.48. The van der Waals surface area contributed by atoms with E-state index in [0.29, 0.717) is 19.3 Å². The number of carbonyl (C=O) groups is 1. The molecule has 2 aromatic rings. The van der Waals surface area contributed by atoms with Gasteiger partial charge in [0.15, 0.2) is 11.5 Å². The molecule has 184 valence electrons. The molecule has 0 aromatic heterocycles. The summed E-state index contributed by atoms with van der Waals surface area (Å²) in [4.78, 5) is 14.8. The normalized spacial score (nSPS) is 21.1. The summed E-state index contributed by atoms with van der Waals surface area (Å²) in [5.74, 6) is 1.53. The molecule has 0 unspecified atom stereocenters. The number of benzene rings is 2. The minimum absolute atomic E-state index is 0.0367. The maximum Gasteiger partial charge on any atom is 0.306 e. The second-order valence-corrected chi connectivity index (χ2v) is 9.95. The fourth-order valence-electron chi connectivity index (χ4n) is 5.50. The molecule has 0 bridgehead atoms. The van der Waals surface area contributed by atoms with E-state index in [-0.39, 0.29) is 30.4 Å². The van der Waals surface area contributed by atoms with Gasteiger partial charge in [0.25, 0.3) is 0 Å². The number of likely N-dealkylation sites (N-methyl/N-ethyl adjacent to an activating group) is 1. The van der Waals surface area contributed by atoms with Gasteiger partial charge in [-0.05, 0) is 73.2 Å². The molecule has 0 saturated carbocycles. The molecule has 0 N–H and O–H groups in total. The zero-order valence-corrected chi connectivity index (χ0v) is 20.7. The Labute approximate surface area is 202 Å². The highest BCUT2D eigenvalue weighted by molar-refractivity contribution is 5.69. The van der Waals surface area contributed by atoms with E-state index in [0.717, 1.165) is 48.6 Å². The van der Waals surface area contributed by atoms with Crippen LogP contribution in [0.15, 0.2) is 36.4 Å². The summed E-state index contributed by atoms with van der Waals surface area (Å²) in [6, 6.07) is 11.2. The van der Waals surface area contributed by atoms with E-state index in [1.165, 1.54) is 11.6 Å². The maximum atomic E-state index is 13.9. The molecule has 2 aliphatic rings. The van der Waals surface area contributed by atoms with E-state index in [2.05, 4.69) is 31.9 Å². The lowest BCUT2D eigenvalue weighted by atomic mass is 9.65. The van der Waals surface area contributed by atoms with Crippen molar-refractivity contribution in [3.63, 3.8) is 0 Å². The third-order valence-electron chi connectivity index (χ3n) is 7.23. The number of hydrogen-bond acceptors (Lipinski definition) is 5. The van der Waals surface area contributed by atoms with Crippen LogP contribution in [-0.2, 0) is 22.4 Å². The Bertz CT molecular complexity index is 1020. The fourth-order valence-corrected chi connectivity index (χ4v) is 5.50. The first-order chi connectivity index (χ1) is 16.3. The average Bonchev–Trinajstić information content (AvgIpc) is 3.29. The molecule has 0 fully saturated rings. The van der Waals surface area contributed by atoms with Crippen molar-refractivity contribution in [2.45, 2.75) is 64.4 Å². The van der Waals surface area contributed by atoms with Gasteiger partial charge >= 0.3 is 5.97 Å². The zero-order chi connectivity index (χ0) is 24.3. The molecule has 1 heterocycles. The molecular formula is C28H36FNO4. The Hall–Kier alpha value is -2.60. The number of rotatable bonds is 9. The van der Waals surface area contributed by atoms with Gasteiger partial charge < -0.3 is 19.1 Å². The van der Waals surface area contributed by atoms with Gasteiger partial charge in [-0.1, -0.05) is 32.9 Å². The van der Waals surface area contributed by atoms with Crippen molar-refractivity contribution < 1.29 is 23.4 Å². The molecule has 0 saturated heterocycles. The van der Waals surface area contributed by atoms with Gasteiger partial charge in [-0.3, -0.25) is 4.79 Å². The van der Waals surface area contributed by atoms with Crippen LogP contribution in [0.1, 0.15) is 62.6 Å². The van der Waals surface area contributed by atoms with Gasteiger partial charge in [-0.15, -0.1) is 0 Å². The zero-order valence-electron chi connectivity index (χ0n) is 20.7. The molecule has 1 aliphatic carbocycles. The number of esters is 1.